The van der Waals surface area contributed by atoms with Crippen molar-refractivity contribution in [1.82, 2.24) is 4.31 Å². The third-order valence-electron chi connectivity index (χ3n) is 2.21. The van der Waals surface area contributed by atoms with Gasteiger partial charge in [0.1, 0.15) is 0 Å². The molecule has 4 nitrogen and oxygen atoms in total. The number of ether oxygens (including phenoxy) is 1. The van der Waals surface area contributed by atoms with E-state index in [1.165, 1.54) is 30.6 Å². The predicted molar refractivity (Wildman–Crippen MR) is 70.8 cm³/mol. The summed E-state index contributed by atoms with van der Waals surface area (Å²) < 4.78 is 30.9. The van der Waals surface area contributed by atoms with E-state index >= 15 is 0 Å². The number of methoxy groups -OCH3 is 1. The van der Waals surface area contributed by atoms with Gasteiger partial charge in [-0.05, 0) is 34.1 Å². The van der Waals surface area contributed by atoms with Crippen molar-refractivity contribution in [2.45, 2.75) is 4.90 Å². The zero-order valence-electron chi connectivity index (χ0n) is 9.48. The second-order valence-corrected chi connectivity index (χ2v) is 6.70. The minimum absolute atomic E-state index is 0.201. The normalized spacial score (nSPS) is 12.1. The molecule has 0 fully saturated rings. The molecule has 0 unspecified atom stereocenters. The Morgan fingerprint density at radius 3 is 2.65 bits per heavy atom. The second-order valence-electron chi connectivity index (χ2n) is 3.40. The molecule has 0 aliphatic carbocycles. The fraction of sp³-hybridized carbons (Fsp3) is 0.400. The van der Waals surface area contributed by atoms with Crippen LogP contribution in [0.5, 0.6) is 0 Å². The molecule has 0 amide bonds. The van der Waals surface area contributed by atoms with E-state index in [-0.39, 0.29) is 4.90 Å². The van der Waals surface area contributed by atoms with Crippen molar-refractivity contribution in [2.24, 2.45) is 0 Å². The lowest BCUT2D eigenvalue weighted by molar-refractivity contribution is 0.185. The van der Waals surface area contributed by atoms with Gasteiger partial charge in [-0.3, -0.25) is 0 Å². The molecule has 1 aromatic rings. The third kappa shape index (κ3) is 3.66. The van der Waals surface area contributed by atoms with Gasteiger partial charge in [0.2, 0.25) is 10.0 Å². The van der Waals surface area contributed by atoms with Crippen LogP contribution in [0.4, 0.5) is 0 Å². The zero-order chi connectivity index (χ0) is 13.1. The molecule has 0 saturated carbocycles. The minimum Gasteiger partial charge on any atom is -0.383 e. The summed E-state index contributed by atoms with van der Waals surface area (Å²) in [4.78, 5) is 0.201. The number of halogens is 2. The maximum atomic E-state index is 12.1. The molecule has 0 heterocycles. The highest BCUT2D eigenvalue weighted by Crippen LogP contribution is 2.26. The van der Waals surface area contributed by atoms with Crippen LogP contribution in [0, 0.1) is 0 Å². The third-order valence-corrected chi connectivity index (χ3v) is 5.28. The molecular weight excluding hydrogens is 330 g/mol. The van der Waals surface area contributed by atoms with Gasteiger partial charge in [0.25, 0.3) is 0 Å². The average molecular weight is 343 g/mol. The lowest BCUT2D eigenvalue weighted by Gasteiger charge is -2.16. The van der Waals surface area contributed by atoms with Gasteiger partial charge in [-0.1, -0.05) is 11.6 Å². The fourth-order valence-electron chi connectivity index (χ4n) is 1.16. The first-order valence-corrected chi connectivity index (χ1v) is 7.41. The fourth-order valence-corrected chi connectivity index (χ4v) is 2.99. The Morgan fingerprint density at radius 1 is 1.47 bits per heavy atom. The molecule has 0 aromatic heterocycles. The summed E-state index contributed by atoms with van der Waals surface area (Å²) in [6, 6.07) is 4.51. The van der Waals surface area contributed by atoms with Crippen LogP contribution in [-0.2, 0) is 14.8 Å². The van der Waals surface area contributed by atoms with E-state index in [2.05, 4.69) is 15.9 Å². The van der Waals surface area contributed by atoms with Crippen LogP contribution in [0.1, 0.15) is 0 Å². The smallest absolute Gasteiger partial charge is 0.242 e. The van der Waals surface area contributed by atoms with Crippen molar-refractivity contribution >= 4 is 37.6 Å². The standard InChI is InChI=1S/C10H13BrClNO3S/c1-13(5-6-16-2)17(14,15)8-3-4-10(12)9(11)7-8/h3-4,7H,5-6H2,1-2H3. The van der Waals surface area contributed by atoms with Gasteiger partial charge in [0.05, 0.1) is 16.5 Å². The summed E-state index contributed by atoms with van der Waals surface area (Å²) in [5.74, 6) is 0. The topological polar surface area (TPSA) is 46.6 Å². The van der Waals surface area contributed by atoms with Gasteiger partial charge in [-0.25, -0.2) is 8.42 Å². The lowest BCUT2D eigenvalue weighted by atomic mass is 10.4. The molecule has 1 aromatic carbocycles. The number of sulfonamides is 1. The Hall–Kier alpha value is -0.140. The van der Waals surface area contributed by atoms with E-state index < -0.39 is 10.0 Å². The van der Waals surface area contributed by atoms with Crippen molar-refractivity contribution in [1.29, 1.82) is 0 Å². The summed E-state index contributed by atoms with van der Waals surface area (Å²) in [5, 5.41) is 0.475. The number of nitrogens with zero attached hydrogens (tertiary/aromatic N) is 1. The van der Waals surface area contributed by atoms with Gasteiger partial charge < -0.3 is 4.74 Å². The Labute approximate surface area is 115 Å². The predicted octanol–water partition coefficient (Wildman–Crippen LogP) is 2.37. The molecule has 0 saturated heterocycles. The largest absolute Gasteiger partial charge is 0.383 e. The van der Waals surface area contributed by atoms with E-state index in [1.807, 2.05) is 0 Å². The van der Waals surface area contributed by atoms with Crippen molar-refractivity contribution in [3.8, 4) is 0 Å². The maximum Gasteiger partial charge on any atom is 0.242 e. The first-order chi connectivity index (χ1) is 7.89. The monoisotopic (exact) mass is 341 g/mol. The van der Waals surface area contributed by atoms with Crippen LogP contribution >= 0.6 is 27.5 Å². The Kier molecular flexibility index (Phi) is 5.40. The van der Waals surface area contributed by atoms with Crippen LogP contribution in [0.15, 0.2) is 27.6 Å². The quantitative estimate of drug-likeness (QED) is 0.825. The van der Waals surface area contributed by atoms with Crippen LogP contribution in [-0.4, -0.2) is 40.0 Å². The SMILES string of the molecule is COCCN(C)S(=O)(=O)c1ccc(Cl)c(Br)c1. The van der Waals surface area contributed by atoms with E-state index in [0.29, 0.717) is 22.6 Å². The summed E-state index contributed by atoms with van der Waals surface area (Å²) in [5.41, 5.74) is 0. The molecule has 0 N–H and O–H groups in total. The zero-order valence-corrected chi connectivity index (χ0v) is 12.6. The Morgan fingerprint density at radius 2 is 2.12 bits per heavy atom. The number of hydrogen-bond acceptors (Lipinski definition) is 3. The van der Waals surface area contributed by atoms with Crippen LogP contribution in [0.2, 0.25) is 5.02 Å². The van der Waals surface area contributed by atoms with Crippen molar-refractivity contribution in [3.63, 3.8) is 0 Å². The van der Waals surface area contributed by atoms with Crippen molar-refractivity contribution in [3.05, 3.63) is 27.7 Å². The number of likely N-dealkylation sites (N-methyl/N-ethyl adjacent to an activating group) is 1. The highest BCUT2D eigenvalue weighted by atomic mass is 79.9. The summed E-state index contributed by atoms with van der Waals surface area (Å²) in [6.45, 7) is 0.656. The van der Waals surface area contributed by atoms with E-state index in [1.54, 1.807) is 6.07 Å². The van der Waals surface area contributed by atoms with Gasteiger partial charge >= 0.3 is 0 Å². The molecule has 0 radical (unpaired) electrons. The maximum absolute atomic E-state index is 12.1. The number of hydrogen-bond donors (Lipinski definition) is 0. The Bertz CT molecular complexity index is 492. The van der Waals surface area contributed by atoms with Crippen LogP contribution in [0.25, 0.3) is 0 Å². The van der Waals surface area contributed by atoms with E-state index in [9.17, 15) is 8.42 Å². The lowest BCUT2D eigenvalue weighted by Crippen LogP contribution is -2.30. The summed E-state index contributed by atoms with van der Waals surface area (Å²) in [6.07, 6.45) is 0. The van der Waals surface area contributed by atoms with E-state index in [4.69, 9.17) is 16.3 Å². The van der Waals surface area contributed by atoms with Crippen LogP contribution in [0.3, 0.4) is 0 Å². The summed E-state index contributed by atoms with van der Waals surface area (Å²) in [7, 11) is -0.448. The molecule has 1 rings (SSSR count). The second kappa shape index (κ2) is 6.15. The number of benzene rings is 1. The molecule has 17 heavy (non-hydrogen) atoms. The van der Waals surface area contributed by atoms with Gasteiger partial charge in [-0.15, -0.1) is 0 Å². The average Bonchev–Trinajstić information content (AvgIpc) is 2.29. The molecule has 0 aliphatic rings. The first kappa shape index (κ1) is 14.9. The van der Waals surface area contributed by atoms with Gasteiger partial charge in [0.15, 0.2) is 0 Å². The molecule has 0 atom stereocenters. The molecule has 0 bridgehead atoms. The molecule has 0 spiro atoms. The summed E-state index contributed by atoms with van der Waals surface area (Å²) >= 11 is 9.02. The first-order valence-electron chi connectivity index (χ1n) is 4.80. The van der Waals surface area contributed by atoms with Gasteiger partial charge in [-0.2, -0.15) is 4.31 Å². The molecule has 0 aliphatic heterocycles. The Balaban J connectivity index is 3.00. The van der Waals surface area contributed by atoms with Crippen molar-refractivity contribution in [2.75, 3.05) is 27.3 Å². The van der Waals surface area contributed by atoms with Crippen LogP contribution < -0.4 is 0 Å². The van der Waals surface area contributed by atoms with Crippen molar-refractivity contribution < 1.29 is 13.2 Å². The highest BCUT2D eigenvalue weighted by Gasteiger charge is 2.20. The molecule has 7 heteroatoms. The highest BCUT2D eigenvalue weighted by molar-refractivity contribution is 9.10. The van der Waals surface area contributed by atoms with Gasteiger partial charge in [0, 0.05) is 25.2 Å². The molecular formula is C10H13BrClNO3S. The minimum atomic E-state index is -3.49. The molecule has 96 valence electrons. The number of rotatable bonds is 5. The van der Waals surface area contributed by atoms with E-state index in [0.717, 1.165) is 0 Å².